The summed E-state index contributed by atoms with van der Waals surface area (Å²) >= 11 is 11.2. The van der Waals surface area contributed by atoms with Gasteiger partial charge in [-0.1, -0.05) is 32.4 Å². The molecule has 0 spiro atoms. The molecule has 0 aromatic carbocycles. The van der Waals surface area contributed by atoms with Gasteiger partial charge in [0.05, 0.1) is 10.6 Å². The van der Waals surface area contributed by atoms with Crippen molar-refractivity contribution in [2.24, 2.45) is 0 Å². The van der Waals surface area contributed by atoms with Crippen molar-refractivity contribution in [2.45, 2.75) is 26.2 Å². The van der Waals surface area contributed by atoms with Crippen LogP contribution in [0.3, 0.4) is 0 Å². The van der Waals surface area contributed by atoms with Crippen LogP contribution >= 0.6 is 38.9 Å². The van der Waals surface area contributed by atoms with E-state index in [1.807, 2.05) is 11.4 Å². The van der Waals surface area contributed by atoms with Crippen LogP contribution in [0.5, 0.6) is 0 Å². The summed E-state index contributed by atoms with van der Waals surface area (Å²) in [6, 6.07) is 3.81. The van der Waals surface area contributed by atoms with Crippen LogP contribution in [0.2, 0.25) is 5.15 Å². The van der Waals surface area contributed by atoms with Crippen molar-refractivity contribution in [2.75, 3.05) is 0 Å². The molecule has 0 fully saturated rings. The summed E-state index contributed by atoms with van der Waals surface area (Å²) in [5, 5.41) is 2.51. The van der Waals surface area contributed by atoms with Gasteiger partial charge in [-0.3, -0.25) is 0 Å². The molecule has 0 saturated carbocycles. The van der Waals surface area contributed by atoms with Gasteiger partial charge in [0.2, 0.25) is 0 Å². The predicted octanol–water partition coefficient (Wildman–Crippen LogP) is 4.92. The Labute approximate surface area is 118 Å². The molecule has 2 aromatic heterocycles. The molecule has 0 aliphatic carbocycles. The normalized spacial score (nSPS) is 11.8. The van der Waals surface area contributed by atoms with Gasteiger partial charge in [-0.05, 0) is 27.4 Å². The molecule has 2 rings (SSSR count). The summed E-state index contributed by atoms with van der Waals surface area (Å²) in [5.74, 6) is 0.764. The third-order valence-electron chi connectivity index (χ3n) is 2.22. The minimum atomic E-state index is -0.108. The van der Waals surface area contributed by atoms with Gasteiger partial charge in [-0.2, -0.15) is 0 Å². The molecule has 5 heteroatoms. The molecule has 0 amide bonds. The highest BCUT2D eigenvalue weighted by atomic mass is 79.9. The van der Waals surface area contributed by atoms with Gasteiger partial charge < -0.3 is 0 Å². The fourth-order valence-corrected chi connectivity index (χ4v) is 3.07. The van der Waals surface area contributed by atoms with Crippen LogP contribution in [0.1, 0.15) is 26.6 Å². The van der Waals surface area contributed by atoms with Gasteiger partial charge in [0.15, 0.2) is 0 Å². The summed E-state index contributed by atoms with van der Waals surface area (Å²) < 4.78 is 1.04. The number of hydrogen-bond donors (Lipinski definition) is 0. The molecule has 0 saturated heterocycles. The third kappa shape index (κ3) is 2.87. The summed E-state index contributed by atoms with van der Waals surface area (Å²) in [7, 11) is 0. The summed E-state index contributed by atoms with van der Waals surface area (Å²) in [4.78, 5) is 9.96. The van der Waals surface area contributed by atoms with Crippen molar-refractivity contribution in [1.29, 1.82) is 0 Å². The third-order valence-corrected chi connectivity index (χ3v) is 4.27. The molecule has 0 bridgehead atoms. The fourth-order valence-electron chi connectivity index (χ4n) is 1.35. The van der Waals surface area contributed by atoms with E-state index >= 15 is 0 Å². The Morgan fingerprint density at radius 2 is 2.00 bits per heavy atom. The van der Waals surface area contributed by atoms with E-state index in [-0.39, 0.29) is 5.41 Å². The van der Waals surface area contributed by atoms with Gasteiger partial charge in [-0.15, -0.1) is 11.3 Å². The van der Waals surface area contributed by atoms with Crippen molar-refractivity contribution >= 4 is 38.9 Å². The molecular formula is C12H12BrClN2S. The van der Waals surface area contributed by atoms with E-state index in [2.05, 4.69) is 46.7 Å². The molecular weight excluding hydrogens is 320 g/mol. The Hall–Kier alpha value is -0.450. The summed E-state index contributed by atoms with van der Waals surface area (Å²) in [6.45, 7) is 6.23. The first-order valence-corrected chi connectivity index (χ1v) is 7.21. The second-order valence-corrected chi connectivity index (χ2v) is 6.90. The number of aromatic nitrogens is 2. The molecule has 0 aliphatic heterocycles. The Bertz CT molecular complexity index is 546. The average Bonchev–Trinajstić information content (AvgIpc) is 2.62. The fraction of sp³-hybridized carbons (Fsp3) is 0.333. The molecule has 0 aliphatic rings. The minimum Gasteiger partial charge on any atom is -0.231 e. The zero-order valence-corrected chi connectivity index (χ0v) is 12.9. The minimum absolute atomic E-state index is 0.108. The zero-order valence-electron chi connectivity index (χ0n) is 9.79. The molecule has 17 heavy (non-hydrogen) atoms. The predicted molar refractivity (Wildman–Crippen MR) is 76.8 cm³/mol. The standard InChI is InChI=1S/C12H12BrClN2S/c1-12(2,3)11-15-8(6-9(14)16-11)10-7(13)4-5-17-10/h4-6H,1-3H3. The lowest BCUT2D eigenvalue weighted by Gasteiger charge is -2.17. The van der Waals surface area contributed by atoms with Crippen LogP contribution < -0.4 is 0 Å². The van der Waals surface area contributed by atoms with Gasteiger partial charge in [0, 0.05) is 16.0 Å². The molecule has 2 nitrogen and oxygen atoms in total. The van der Waals surface area contributed by atoms with E-state index < -0.39 is 0 Å². The smallest absolute Gasteiger partial charge is 0.136 e. The molecule has 2 heterocycles. The van der Waals surface area contributed by atoms with E-state index in [9.17, 15) is 0 Å². The van der Waals surface area contributed by atoms with Crippen molar-refractivity contribution < 1.29 is 0 Å². The second kappa shape index (κ2) is 4.67. The number of halogens is 2. The van der Waals surface area contributed by atoms with Gasteiger partial charge >= 0.3 is 0 Å². The van der Waals surface area contributed by atoms with Crippen molar-refractivity contribution in [1.82, 2.24) is 9.97 Å². The maximum atomic E-state index is 6.06. The number of hydrogen-bond acceptors (Lipinski definition) is 3. The van der Waals surface area contributed by atoms with Crippen molar-refractivity contribution in [3.05, 3.63) is 33.0 Å². The lowest BCUT2D eigenvalue weighted by atomic mass is 9.95. The van der Waals surface area contributed by atoms with Gasteiger partial charge in [0.25, 0.3) is 0 Å². The highest BCUT2D eigenvalue weighted by Gasteiger charge is 2.20. The van der Waals surface area contributed by atoms with E-state index in [1.165, 1.54) is 0 Å². The van der Waals surface area contributed by atoms with Gasteiger partial charge in [0.1, 0.15) is 11.0 Å². The first-order chi connectivity index (χ1) is 7.88. The SMILES string of the molecule is CC(C)(C)c1nc(Cl)cc(-c2sccc2Br)n1. The molecule has 0 radical (unpaired) electrons. The zero-order chi connectivity index (χ0) is 12.6. The van der Waals surface area contributed by atoms with Crippen LogP contribution in [0, 0.1) is 0 Å². The second-order valence-electron chi connectivity index (χ2n) is 4.75. The Kier molecular flexibility index (Phi) is 3.57. The maximum Gasteiger partial charge on any atom is 0.136 e. The number of nitrogens with zero attached hydrogens (tertiary/aromatic N) is 2. The molecule has 0 N–H and O–H groups in total. The average molecular weight is 332 g/mol. The Balaban J connectivity index is 2.57. The van der Waals surface area contributed by atoms with Crippen molar-refractivity contribution in [3.8, 4) is 10.6 Å². The van der Waals surface area contributed by atoms with Crippen LogP contribution in [-0.2, 0) is 5.41 Å². The summed E-state index contributed by atoms with van der Waals surface area (Å²) in [6.07, 6.45) is 0. The van der Waals surface area contributed by atoms with Crippen LogP contribution in [-0.4, -0.2) is 9.97 Å². The molecule has 0 atom stereocenters. The monoisotopic (exact) mass is 330 g/mol. The Morgan fingerprint density at radius 3 is 2.53 bits per heavy atom. The van der Waals surface area contributed by atoms with Crippen LogP contribution in [0.25, 0.3) is 10.6 Å². The van der Waals surface area contributed by atoms with E-state index in [0.29, 0.717) is 5.15 Å². The molecule has 2 aromatic rings. The largest absolute Gasteiger partial charge is 0.231 e. The first kappa shape index (κ1) is 13.0. The Morgan fingerprint density at radius 1 is 1.29 bits per heavy atom. The van der Waals surface area contributed by atoms with Crippen LogP contribution in [0.15, 0.2) is 22.0 Å². The summed E-state index contributed by atoms with van der Waals surface area (Å²) in [5.41, 5.74) is 0.764. The number of rotatable bonds is 1. The van der Waals surface area contributed by atoms with Crippen molar-refractivity contribution in [3.63, 3.8) is 0 Å². The highest BCUT2D eigenvalue weighted by Crippen LogP contribution is 2.34. The molecule has 0 unspecified atom stereocenters. The first-order valence-electron chi connectivity index (χ1n) is 5.16. The lowest BCUT2D eigenvalue weighted by molar-refractivity contribution is 0.546. The van der Waals surface area contributed by atoms with E-state index in [1.54, 1.807) is 17.4 Å². The quantitative estimate of drug-likeness (QED) is 0.693. The maximum absolute atomic E-state index is 6.06. The molecule has 90 valence electrons. The van der Waals surface area contributed by atoms with Crippen LogP contribution in [0.4, 0.5) is 0 Å². The number of thiophene rings is 1. The van der Waals surface area contributed by atoms with E-state index in [0.717, 1.165) is 20.9 Å². The van der Waals surface area contributed by atoms with Gasteiger partial charge in [-0.25, -0.2) is 9.97 Å². The highest BCUT2D eigenvalue weighted by molar-refractivity contribution is 9.10. The topological polar surface area (TPSA) is 25.8 Å². The lowest BCUT2D eigenvalue weighted by Crippen LogP contribution is -2.16. The van der Waals surface area contributed by atoms with E-state index in [4.69, 9.17) is 11.6 Å².